The fraction of sp³-hybridized carbons (Fsp3) is 0.125. The summed E-state index contributed by atoms with van der Waals surface area (Å²) in [4.78, 5) is 25.0. The molecule has 2 aromatic carbocycles. The van der Waals surface area contributed by atoms with Crippen molar-refractivity contribution in [2.75, 3.05) is 18.1 Å². The standard InChI is InChI=1S/C16H15IN2O2S/c1-22-12-8-6-11(7-9-12)19-15(20)10-18-16(21)13-4-2-3-5-14(13)17/h2-9H,10H2,1H3,(H,18,21)(H,19,20). The van der Waals surface area contributed by atoms with Crippen molar-refractivity contribution in [3.8, 4) is 0 Å². The molecule has 0 saturated carbocycles. The van der Waals surface area contributed by atoms with Crippen molar-refractivity contribution in [3.05, 3.63) is 57.7 Å². The Labute approximate surface area is 147 Å². The van der Waals surface area contributed by atoms with Gasteiger partial charge in [0.15, 0.2) is 0 Å². The number of carbonyl (C=O) groups is 2. The maximum absolute atomic E-state index is 12.0. The van der Waals surface area contributed by atoms with E-state index in [2.05, 4.69) is 33.2 Å². The highest BCUT2D eigenvalue weighted by molar-refractivity contribution is 14.1. The highest BCUT2D eigenvalue weighted by atomic mass is 127. The second-order valence-electron chi connectivity index (χ2n) is 4.44. The molecule has 4 nitrogen and oxygen atoms in total. The average molecular weight is 426 g/mol. The molecule has 0 aliphatic carbocycles. The lowest BCUT2D eigenvalue weighted by molar-refractivity contribution is -0.115. The summed E-state index contributed by atoms with van der Waals surface area (Å²) in [6.45, 7) is -0.0614. The van der Waals surface area contributed by atoms with Gasteiger partial charge in [-0.25, -0.2) is 0 Å². The summed E-state index contributed by atoms with van der Waals surface area (Å²) >= 11 is 3.73. The maximum Gasteiger partial charge on any atom is 0.252 e. The topological polar surface area (TPSA) is 58.2 Å². The minimum atomic E-state index is -0.254. The molecular weight excluding hydrogens is 411 g/mol. The number of thioether (sulfide) groups is 1. The van der Waals surface area contributed by atoms with Gasteiger partial charge in [0.25, 0.3) is 5.91 Å². The minimum Gasteiger partial charge on any atom is -0.343 e. The average Bonchev–Trinajstić information content (AvgIpc) is 2.54. The van der Waals surface area contributed by atoms with E-state index >= 15 is 0 Å². The van der Waals surface area contributed by atoms with Crippen LogP contribution >= 0.6 is 34.4 Å². The van der Waals surface area contributed by atoms with Crippen molar-refractivity contribution in [2.45, 2.75) is 4.90 Å². The number of halogens is 1. The number of benzene rings is 2. The third-order valence-corrected chi connectivity index (χ3v) is 4.59. The quantitative estimate of drug-likeness (QED) is 0.570. The van der Waals surface area contributed by atoms with Crippen LogP contribution in [0.4, 0.5) is 5.69 Å². The molecule has 2 amide bonds. The van der Waals surface area contributed by atoms with Crippen LogP contribution < -0.4 is 10.6 Å². The number of hydrogen-bond donors (Lipinski definition) is 2. The van der Waals surface area contributed by atoms with E-state index in [1.165, 1.54) is 0 Å². The minimum absolute atomic E-state index is 0.0614. The number of hydrogen-bond acceptors (Lipinski definition) is 3. The second-order valence-corrected chi connectivity index (χ2v) is 6.48. The summed E-state index contributed by atoms with van der Waals surface area (Å²) in [7, 11) is 0. The van der Waals surface area contributed by atoms with Gasteiger partial charge in [-0.2, -0.15) is 0 Å². The highest BCUT2D eigenvalue weighted by Crippen LogP contribution is 2.17. The Morgan fingerprint density at radius 3 is 2.41 bits per heavy atom. The summed E-state index contributed by atoms with van der Waals surface area (Å²) in [6.07, 6.45) is 1.99. The van der Waals surface area contributed by atoms with Crippen molar-refractivity contribution < 1.29 is 9.59 Å². The van der Waals surface area contributed by atoms with Crippen molar-refractivity contribution >= 4 is 51.9 Å². The van der Waals surface area contributed by atoms with Crippen LogP contribution in [0.25, 0.3) is 0 Å². The molecule has 22 heavy (non-hydrogen) atoms. The van der Waals surface area contributed by atoms with Gasteiger partial charge in [-0.1, -0.05) is 12.1 Å². The molecule has 0 unspecified atom stereocenters. The van der Waals surface area contributed by atoms with Crippen LogP contribution in [0.1, 0.15) is 10.4 Å². The van der Waals surface area contributed by atoms with Crippen LogP contribution in [0.3, 0.4) is 0 Å². The smallest absolute Gasteiger partial charge is 0.252 e. The Bertz CT molecular complexity index is 674. The van der Waals surface area contributed by atoms with Gasteiger partial charge in [-0.15, -0.1) is 11.8 Å². The fourth-order valence-electron chi connectivity index (χ4n) is 1.78. The van der Waals surface area contributed by atoms with Crippen molar-refractivity contribution in [1.29, 1.82) is 0 Å². The highest BCUT2D eigenvalue weighted by Gasteiger charge is 2.10. The van der Waals surface area contributed by atoms with E-state index in [0.717, 1.165) is 8.47 Å². The SMILES string of the molecule is CSc1ccc(NC(=O)CNC(=O)c2ccccc2I)cc1. The van der Waals surface area contributed by atoms with Crippen LogP contribution in [-0.2, 0) is 4.79 Å². The van der Waals surface area contributed by atoms with Gasteiger partial charge < -0.3 is 10.6 Å². The van der Waals surface area contributed by atoms with E-state index in [9.17, 15) is 9.59 Å². The van der Waals surface area contributed by atoms with Crippen LogP contribution in [0.5, 0.6) is 0 Å². The Morgan fingerprint density at radius 1 is 1.09 bits per heavy atom. The van der Waals surface area contributed by atoms with Crippen LogP contribution in [-0.4, -0.2) is 24.6 Å². The molecule has 0 fully saturated rings. The molecule has 2 aromatic rings. The molecule has 0 radical (unpaired) electrons. The fourth-order valence-corrected chi connectivity index (χ4v) is 2.82. The van der Waals surface area contributed by atoms with E-state index < -0.39 is 0 Å². The van der Waals surface area contributed by atoms with Crippen molar-refractivity contribution in [2.24, 2.45) is 0 Å². The number of rotatable bonds is 5. The summed E-state index contributed by atoms with van der Waals surface area (Å²) in [5.41, 5.74) is 1.28. The lowest BCUT2D eigenvalue weighted by Crippen LogP contribution is -2.33. The summed E-state index contributed by atoms with van der Waals surface area (Å²) in [6, 6.07) is 14.8. The first kappa shape index (κ1) is 16.8. The number of nitrogens with one attached hydrogen (secondary N) is 2. The predicted molar refractivity (Wildman–Crippen MR) is 98.3 cm³/mol. The zero-order valence-corrected chi connectivity index (χ0v) is 14.9. The first-order valence-electron chi connectivity index (χ1n) is 6.57. The molecule has 0 bridgehead atoms. The lowest BCUT2D eigenvalue weighted by Gasteiger charge is -2.08. The van der Waals surface area contributed by atoms with E-state index in [1.807, 2.05) is 42.7 Å². The zero-order chi connectivity index (χ0) is 15.9. The molecule has 0 aliphatic rings. The maximum atomic E-state index is 12.0. The first-order chi connectivity index (χ1) is 10.6. The first-order valence-corrected chi connectivity index (χ1v) is 8.87. The van der Waals surface area contributed by atoms with Gasteiger partial charge in [0.2, 0.25) is 5.91 Å². The van der Waals surface area contributed by atoms with Gasteiger partial charge in [0.05, 0.1) is 12.1 Å². The van der Waals surface area contributed by atoms with E-state index in [-0.39, 0.29) is 18.4 Å². The third-order valence-electron chi connectivity index (χ3n) is 2.90. The van der Waals surface area contributed by atoms with Gasteiger partial charge >= 0.3 is 0 Å². The number of carbonyl (C=O) groups excluding carboxylic acids is 2. The Kier molecular flexibility index (Phi) is 6.26. The molecule has 2 rings (SSSR count). The second kappa shape index (κ2) is 8.19. The summed E-state index contributed by atoms with van der Waals surface area (Å²) < 4.78 is 0.852. The molecule has 0 aromatic heterocycles. The molecule has 0 saturated heterocycles. The normalized spacial score (nSPS) is 10.1. The predicted octanol–water partition coefficient (Wildman–Crippen LogP) is 3.38. The summed E-state index contributed by atoms with van der Waals surface area (Å²) in [5.74, 6) is -0.505. The number of amides is 2. The van der Waals surface area contributed by atoms with Crippen molar-refractivity contribution in [3.63, 3.8) is 0 Å². The van der Waals surface area contributed by atoms with Gasteiger partial charge in [0, 0.05) is 14.2 Å². The van der Waals surface area contributed by atoms with Crippen LogP contribution in [0.15, 0.2) is 53.4 Å². The molecule has 0 atom stereocenters. The molecule has 6 heteroatoms. The van der Waals surface area contributed by atoms with Gasteiger partial charge in [0.1, 0.15) is 0 Å². The largest absolute Gasteiger partial charge is 0.343 e. The molecule has 0 spiro atoms. The molecular formula is C16H15IN2O2S. The summed E-state index contributed by atoms with van der Waals surface area (Å²) in [5, 5.41) is 5.37. The van der Waals surface area contributed by atoms with E-state index in [4.69, 9.17) is 0 Å². The Hall–Kier alpha value is -1.54. The Balaban J connectivity index is 1.87. The van der Waals surface area contributed by atoms with Crippen molar-refractivity contribution in [1.82, 2.24) is 5.32 Å². The third kappa shape index (κ3) is 4.74. The Morgan fingerprint density at radius 2 is 1.77 bits per heavy atom. The van der Waals surface area contributed by atoms with Gasteiger partial charge in [-0.3, -0.25) is 9.59 Å². The lowest BCUT2D eigenvalue weighted by atomic mass is 10.2. The monoisotopic (exact) mass is 426 g/mol. The number of anilines is 1. The molecule has 0 aliphatic heterocycles. The van der Waals surface area contributed by atoms with Crippen LogP contribution in [0, 0.1) is 3.57 Å². The van der Waals surface area contributed by atoms with E-state index in [0.29, 0.717) is 11.3 Å². The molecule has 0 heterocycles. The zero-order valence-electron chi connectivity index (χ0n) is 11.9. The molecule has 2 N–H and O–H groups in total. The molecule has 114 valence electrons. The van der Waals surface area contributed by atoms with Gasteiger partial charge in [-0.05, 0) is 65.2 Å². The van der Waals surface area contributed by atoms with E-state index in [1.54, 1.807) is 23.9 Å². The van der Waals surface area contributed by atoms with Crippen LogP contribution in [0.2, 0.25) is 0 Å².